The number of sulfonamides is 1. The van der Waals surface area contributed by atoms with E-state index in [0.717, 1.165) is 30.0 Å². The van der Waals surface area contributed by atoms with Crippen LogP contribution >= 0.6 is 0 Å². The number of hydrogen-bond acceptors (Lipinski definition) is 11. The lowest BCUT2D eigenvalue weighted by Gasteiger charge is -2.20. The summed E-state index contributed by atoms with van der Waals surface area (Å²) < 4.78 is 101. The topological polar surface area (TPSA) is 239 Å². The molecule has 0 amide bonds. The largest absolute Gasteiger partial charge is 0.507 e. The van der Waals surface area contributed by atoms with Crippen molar-refractivity contribution in [2.45, 2.75) is 47.3 Å². The molecule has 0 spiro atoms. The summed E-state index contributed by atoms with van der Waals surface area (Å²) in [6.45, 7) is 1.70. The summed E-state index contributed by atoms with van der Waals surface area (Å²) in [4.78, 5) is 0.577. The molecule has 58 heavy (non-hydrogen) atoms. The number of rotatable bonds is 6. The first-order chi connectivity index (χ1) is 27.1. The molecule has 0 atom stereocenters. The minimum atomic E-state index is -4.87. The zero-order valence-electron chi connectivity index (χ0n) is 31.2. The van der Waals surface area contributed by atoms with E-state index in [9.17, 15) is 54.8 Å². The number of nitrogens with zero attached hydrogens (tertiary/aromatic N) is 1. The van der Waals surface area contributed by atoms with Crippen molar-refractivity contribution >= 4 is 52.4 Å². The van der Waals surface area contributed by atoms with E-state index < -0.39 is 70.1 Å². The van der Waals surface area contributed by atoms with Gasteiger partial charge in [0.25, 0.3) is 30.3 Å². The van der Waals surface area contributed by atoms with Gasteiger partial charge in [0.05, 0.1) is 14.7 Å². The number of hydrogen-bond donors (Lipinski definition) is 7. The second kappa shape index (κ2) is 14.5. The number of phenolic OH excluding ortho intramolecular Hbond substituents is 4. The van der Waals surface area contributed by atoms with Crippen molar-refractivity contribution in [3.05, 3.63) is 135 Å². The summed E-state index contributed by atoms with van der Waals surface area (Å²) in [6, 6.07) is 19.8. The van der Waals surface area contributed by atoms with Crippen LogP contribution < -0.4 is 9.62 Å². The van der Waals surface area contributed by atoms with Gasteiger partial charge in [-0.05, 0) is 66.6 Å². The zero-order valence-corrected chi connectivity index (χ0v) is 33.7. The molecule has 8 bridgehead atoms. The molecule has 0 fully saturated rings. The Morgan fingerprint density at radius 3 is 1.28 bits per heavy atom. The molecule has 7 rings (SSSR count). The van der Waals surface area contributed by atoms with E-state index in [4.69, 9.17) is 0 Å². The van der Waals surface area contributed by atoms with Crippen LogP contribution in [-0.2, 0) is 55.9 Å². The van der Waals surface area contributed by atoms with Gasteiger partial charge in [0.2, 0.25) is 0 Å². The number of anilines is 2. The Morgan fingerprint density at radius 1 is 0.517 bits per heavy atom. The van der Waals surface area contributed by atoms with Crippen LogP contribution in [0, 0.1) is 6.92 Å². The number of benzene rings is 6. The number of fused-ring (bicyclic) bond motifs is 9. The van der Waals surface area contributed by atoms with Gasteiger partial charge in [0.1, 0.15) is 23.0 Å². The SMILES string of the molecule is Cc1cc2c(O)c(c1)Cc1cc(S(=O)(=O)O)cc(c1O)Cc1cc(NS(=O)(=O)c3cccc4c(N(C)C)cccc34)cc(c1O)Cc1cc(S(=O)(=O)O)cc(c1O)C2. The molecule has 0 unspecified atom stereocenters. The molecule has 302 valence electrons. The van der Waals surface area contributed by atoms with Gasteiger partial charge in [-0.15, -0.1) is 0 Å². The van der Waals surface area contributed by atoms with Crippen molar-refractivity contribution in [1.29, 1.82) is 0 Å². The highest BCUT2D eigenvalue weighted by molar-refractivity contribution is 7.93. The Labute approximate surface area is 334 Å². The standard InChI is InChI=1S/C41H38N2O12S3/c1-22-10-23-12-27-18-32(57(50,51)52)20-29(40(27)46)14-25-16-31(42-56(48,49)37-9-5-6-34-35(37)7-4-8-36(34)43(2)3)17-26(39(25)45)15-30-21-33(58(53,54)55)19-28(41(30)47)13-24(11-22)38(23)44/h4-11,16-21,42,44-47H,12-15H2,1-3H3,(H,50,51,52)(H,53,54,55). The van der Waals surface area contributed by atoms with Crippen LogP contribution in [0.25, 0.3) is 10.8 Å². The van der Waals surface area contributed by atoms with Crippen molar-refractivity contribution < 1.29 is 54.8 Å². The first kappa shape index (κ1) is 40.4. The molecule has 17 heteroatoms. The van der Waals surface area contributed by atoms with Gasteiger partial charge in [-0.3, -0.25) is 13.8 Å². The molecular weight excluding hydrogens is 809 g/mol. The van der Waals surface area contributed by atoms with Crippen molar-refractivity contribution in [3.63, 3.8) is 0 Å². The minimum absolute atomic E-state index is 0.0350. The molecule has 6 aromatic rings. The highest BCUT2D eigenvalue weighted by atomic mass is 32.2. The highest BCUT2D eigenvalue weighted by Gasteiger charge is 2.26. The van der Waals surface area contributed by atoms with Crippen LogP contribution in [-0.4, -0.2) is 68.9 Å². The number of aryl methyl sites for hydroxylation is 1. The van der Waals surface area contributed by atoms with Crippen LogP contribution in [0.1, 0.15) is 50.1 Å². The van der Waals surface area contributed by atoms with E-state index in [1.54, 1.807) is 43.3 Å². The van der Waals surface area contributed by atoms with Gasteiger partial charge in [-0.2, -0.15) is 16.8 Å². The highest BCUT2D eigenvalue weighted by Crippen LogP contribution is 2.41. The molecule has 14 nitrogen and oxygen atoms in total. The summed E-state index contributed by atoms with van der Waals surface area (Å²) in [6.07, 6.45) is -1.43. The smallest absolute Gasteiger partial charge is 0.294 e. The summed E-state index contributed by atoms with van der Waals surface area (Å²) in [5.74, 6) is -1.65. The number of aromatic hydroxyl groups is 4. The fourth-order valence-corrected chi connectivity index (χ4v) is 9.93. The Bertz CT molecular complexity index is 2900. The third-order valence-corrected chi connectivity index (χ3v) is 13.3. The van der Waals surface area contributed by atoms with E-state index in [-0.39, 0.29) is 73.7 Å². The lowest BCUT2D eigenvalue weighted by Crippen LogP contribution is -2.15. The van der Waals surface area contributed by atoms with E-state index in [1.807, 2.05) is 25.1 Å². The molecule has 6 aromatic carbocycles. The van der Waals surface area contributed by atoms with Crippen molar-refractivity contribution in [2.24, 2.45) is 0 Å². The maximum Gasteiger partial charge on any atom is 0.294 e. The van der Waals surface area contributed by atoms with Crippen LogP contribution in [0.5, 0.6) is 23.0 Å². The quantitative estimate of drug-likeness (QED) is 0.0751. The number of nitrogens with one attached hydrogen (secondary N) is 1. The van der Waals surface area contributed by atoms with Crippen molar-refractivity contribution in [2.75, 3.05) is 23.7 Å². The summed E-state index contributed by atoms with van der Waals surface area (Å²) in [5.41, 5.74) is 1.31. The molecule has 1 aliphatic carbocycles. The first-order valence-electron chi connectivity index (χ1n) is 17.6. The van der Waals surface area contributed by atoms with E-state index in [0.29, 0.717) is 16.3 Å². The fraction of sp³-hybridized carbons (Fsp3) is 0.171. The predicted molar refractivity (Wildman–Crippen MR) is 217 cm³/mol. The van der Waals surface area contributed by atoms with Crippen molar-refractivity contribution in [1.82, 2.24) is 0 Å². The molecule has 0 radical (unpaired) electrons. The normalized spacial score (nSPS) is 13.3. The van der Waals surface area contributed by atoms with E-state index in [1.165, 1.54) is 18.2 Å². The zero-order chi connectivity index (χ0) is 42.1. The van der Waals surface area contributed by atoms with Gasteiger partial charge in [0.15, 0.2) is 0 Å². The van der Waals surface area contributed by atoms with Gasteiger partial charge < -0.3 is 25.3 Å². The Balaban J connectivity index is 1.48. The summed E-state index contributed by atoms with van der Waals surface area (Å²) >= 11 is 0. The van der Waals surface area contributed by atoms with E-state index >= 15 is 0 Å². The third-order valence-electron chi connectivity index (χ3n) is 10.2. The Hall–Kier alpha value is -5.85. The third kappa shape index (κ3) is 7.73. The van der Waals surface area contributed by atoms with Gasteiger partial charge in [-0.25, -0.2) is 8.42 Å². The molecule has 0 saturated carbocycles. The summed E-state index contributed by atoms with van der Waals surface area (Å²) in [7, 11) is -10.5. The molecule has 0 aliphatic heterocycles. The lowest BCUT2D eigenvalue weighted by molar-refractivity contribution is 0.449. The number of phenols is 4. The van der Waals surface area contributed by atoms with Gasteiger partial charge >= 0.3 is 0 Å². The average molecular weight is 847 g/mol. The molecular formula is C41H38N2O12S3. The molecule has 0 heterocycles. The van der Waals surface area contributed by atoms with Crippen LogP contribution in [0.3, 0.4) is 0 Å². The first-order valence-corrected chi connectivity index (χ1v) is 22.0. The molecule has 1 aliphatic rings. The van der Waals surface area contributed by atoms with Gasteiger partial charge in [0, 0.05) is 95.3 Å². The molecule has 7 N–H and O–H groups in total. The maximum atomic E-state index is 14.2. The maximum absolute atomic E-state index is 14.2. The van der Waals surface area contributed by atoms with Gasteiger partial charge in [-0.1, -0.05) is 42.0 Å². The summed E-state index contributed by atoms with van der Waals surface area (Å²) in [5, 5.41) is 47.5. The molecule has 0 aromatic heterocycles. The second-order valence-corrected chi connectivity index (χ2v) is 19.0. The minimum Gasteiger partial charge on any atom is -0.507 e. The second-order valence-electron chi connectivity index (χ2n) is 14.5. The Morgan fingerprint density at radius 2 is 0.879 bits per heavy atom. The predicted octanol–water partition coefficient (Wildman–Crippen LogP) is 6.01. The average Bonchev–Trinajstić information content (AvgIpc) is 3.13. The van der Waals surface area contributed by atoms with Crippen LogP contribution in [0.15, 0.2) is 99.6 Å². The monoisotopic (exact) mass is 846 g/mol. The van der Waals surface area contributed by atoms with Crippen LogP contribution in [0.4, 0.5) is 11.4 Å². The lowest BCUT2D eigenvalue weighted by atomic mass is 9.90. The Kier molecular flexibility index (Phi) is 10.1. The molecule has 0 saturated heterocycles. The van der Waals surface area contributed by atoms with Crippen molar-refractivity contribution in [3.8, 4) is 23.0 Å². The van der Waals surface area contributed by atoms with Crippen LogP contribution in [0.2, 0.25) is 0 Å². The van der Waals surface area contributed by atoms with E-state index in [2.05, 4.69) is 4.72 Å². The fourth-order valence-electron chi connectivity index (χ4n) is 7.50.